The average Bonchev–Trinajstić information content (AvgIpc) is 2.88. The van der Waals surface area contributed by atoms with Crippen LogP contribution in [0, 0.1) is 20.8 Å². The van der Waals surface area contributed by atoms with Crippen molar-refractivity contribution in [3.8, 4) is 5.95 Å². The smallest absolute Gasteiger partial charge is 0.252 e. The number of hydrogen-bond donors (Lipinski definition) is 1. The maximum Gasteiger partial charge on any atom is 0.252 e. The lowest BCUT2D eigenvalue weighted by Crippen LogP contribution is -2.23. The van der Waals surface area contributed by atoms with Crippen molar-refractivity contribution in [2.24, 2.45) is 0 Å². The van der Waals surface area contributed by atoms with Gasteiger partial charge in [-0.2, -0.15) is 9.78 Å². The van der Waals surface area contributed by atoms with Crippen molar-refractivity contribution >= 4 is 23.5 Å². The van der Waals surface area contributed by atoms with Gasteiger partial charge in [-0.1, -0.05) is 30.3 Å². The van der Waals surface area contributed by atoms with Crippen molar-refractivity contribution < 1.29 is 4.79 Å². The van der Waals surface area contributed by atoms with Gasteiger partial charge in [0, 0.05) is 17.0 Å². The van der Waals surface area contributed by atoms with Gasteiger partial charge in [0.25, 0.3) is 5.95 Å². The van der Waals surface area contributed by atoms with Gasteiger partial charge >= 0.3 is 0 Å². The highest BCUT2D eigenvalue weighted by Gasteiger charge is 2.34. The van der Waals surface area contributed by atoms with Crippen LogP contribution < -0.4 is 5.32 Å². The number of nitrogens with one attached hydrogen (secondary N) is 1. The number of anilines is 1. The van der Waals surface area contributed by atoms with E-state index in [4.69, 9.17) is 0 Å². The summed E-state index contributed by atoms with van der Waals surface area (Å²) in [5.74, 6) is 1.10. The zero-order valence-corrected chi connectivity index (χ0v) is 16.5. The highest BCUT2D eigenvalue weighted by Crippen LogP contribution is 2.45. The zero-order chi connectivity index (χ0) is 19.1. The maximum atomic E-state index is 12.7. The van der Waals surface area contributed by atoms with Gasteiger partial charge in [0.05, 0.1) is 16.2 Å². The molecule has 0 unspecified atom stereocenters. The number of hydrogen-bond acceptors (Lipinski definition) is 5. The molecule has 1 N–H and O–H groups in total. The molecule has 0 radical (unpaired) electrons. The van der Waals surface area contributed by atoms with E-state index in [1.54, 1.807) is 16.4 Å². The summed E-state index contributed by atoms with van der Waals surface area (Å²) in [6.07, 6.45) is 0. The lowest BCUT2D eigenvalue weighted by atomic mass is 10.0. The van der Waals surface area contributed by atoms with Crippen LogP contribution in [-0.4, -0.2) is 30.9 Å². The topological polar surface area (TPSA) is 72.7 Å². The van der Waals surface area contributed by atoms with E-state index in [-0.39, 0.29) is 16.4 Å². The van der Waals surface area contributed by atoms with Gasteiger partial charge in [-0.15, -0.1) is 11.8 Å². The molecule has 3 heterocycles. The molecular formula is C20H21N5OS. The fraction of sp³-hybridized carbons (Fsp3) is 0.300. The Kier molecular flexibility index (Phi) is 4.47. The Morgan fingerprint density at radius 2 is 1.74 bits per heavy atom. The molecule has 6 nitrogen and oxygen atoms in total. The molecule has 1 amide bonds. The summed E-state index contributed by atoms with van der Waals surface area (Å²) in [5, 5.41) is 7.57. The van der Waals surface area contributed by atoms with E-state index < -0.39 is 0 Å². The summed E-state index contributed by atoms with van der Waals surface area (Å²) in [4.78, 5) is 21.7. The summed E-state index contributed by atoms with van der Waals surface area (Å²) >= 11 is 1.63. The lowest BCUT2D eigenvalue weighted by molar-refractivity contribution is -0.115. The molecule has 7 heteroatoms. The highest BCUT2D eigenvalue weighted by molar-refractivity contribution is 8.01. The molecule has 0 saturated carbocycles. The van der Waals surface area contributed by atoms with Crippen LogP contribution in [0.1, 0.15) is 40.4 Å². The number of nitrogens with zero attached hydrogens (tertiary/aromatic N) is 4. The van der Waals surface area contributed by atoms with Gasteiger partial charge in [0.2, 0.25) is 5.91 Å². The molecule has 1 aliphatic rings. The van der Waals surface area contributed by atoms with Crippen LogP contribution in [0.5, 0.6) is 0 Å². The third kappa shape index (κ3) is 3.23. The third-order valence-corrected chi connectivity index (χ3v) is 5.98. The average molecular weight is 379 g/mol. The molecule has 27 heavy (non-hydrogen) atoms. The van der Waals surface area contributed by atoms with E-state index in [9.17, 15) is 4.79 Å². The van der Waals surface area contributed by atoms with E-state index in [0.29, 0.717) is 11.8 Å². The van der Waals surface area contributed by atoms with Gasteiger partial charge in [0.1, 0.15) is 5.82 Å². The quantitative estimate of drug-likeness (QED) is 0.734. The minimum absolute atomic E-state index is 0.00908. The molecule has 1 aromatic carbocycles. The molecule has 0 bridgehead atoms. The number of carbonyl (C=O) groups excluding carboxylic acids is 1. The molecule has 0 saturated heterocycles. The first-order valence-corrected chi connectivity index (χ1v) is 9.81. The van der Waals surface area contributed by atoms with Crippen molar-refractivity contribution in [3.05, 3.63) is 64.6 Å². The lowest BCUT2D eigenvalue weighted by Gasteiger charge is -2.17. The predicted molar refractivity (Wildman–Crippen MR) is 107 cm³/mol. The monoisotopic (exact) mass is 379 g/mol. The Bertz CT molecular complexity index is 994. The second-order valence-corrected chi connectivity index (χ2v) is 8.22. The molecule has 138 valence electrons. The largest absolute Gasteiger partial charge is 0.309 e. The number of carbonyl (C=O) groups is 1. The first kappa shape index (κ1) is 17.7. The number of thioether (sulfide) groups is 1. The zero-order valence-electron chi connectivity index (χ0n) is 15.7. The van der Waals surface area contributed by atoms with Crippen LogP contribution in [0.25, 0.3) is 5.95 Å². The molecule has 1 aliphatic heterocycles. The Hall–Kier alpha value is -2.67. The predicted octanol–water partition coefficient (Wildman–Crippen LogP) is 3.75. The molecule has 0 aliphatic carbocycles. The van der Waals surface area contributed by atoms with E-state index in [1.807, 2.05) is 52.0 Å². The van der Waals surface area contributed by atoms with Crippen molar-refractivity contribution in [3.63, 3.8) is 0 Å². The SMILES string of the molecule is Cc1cc(C)nc(-n2nc(C)c3c2NC(=O)[C@@H](C)S[C@@H]3c2ccccc2)n1. The van der Waals surface area contributed by atoms with E-state index in [2.05, 4.69) is 32.5 Å². The van der Waals surface area contributed by atoms with Crippen LogP contribution in [-0.2, 0) is 4.79 Å². The van der Waals surface area contributed by atoms with Crippen LogP contribution in [0.2, 0.25) is 0 Å². The normalized spacial score (nSPS) is 19.3. The van der Waals surface area contributed by atoms with Gasteiger partial charge in [-0.25, -0.2) is 9.97 Å². The second kappa shape index (κ2) is 6.81. The van der Waals surface area contributed by atoms with Crippen molar-refractivity contribution in [1.29, 1.82) is 0 Å². The number of aryl methyl sites for hydroxylation is 3. The minimum Gasteiger partial charge on any atom is -0.309 e. The van der Waals surface area contributed by atoms with Crippen molar-refractivity contribution in [2.45, 2.75) is 38.2 Å². The summed E-state index contributed by atoms with van der Waals surface area (Å²) in [6.45, 7) is 7.76. The van der Waals surface area contributed by atoms with Crippen LogP contribution in [0.4, 0.5) is 5.82 Å². The molecule has 2 atom stereocenters. The number of fused-ring (bicyclic) bond motifs is 1. The fourth-order valence-electron chi connectivity index (χ4n) is 3.35. The molecule has 0 fully saturated rings. The number of rotatable bonds is 2. The van der Waals surface area contributed by atoms with Crippen LogP contribution >= 0.6 is 11.8 Å². The summed E-state index contributed by atoms with van der Waals surface area (Å²) in [5.41, 5.74) is 4.75. The van der Waals surface area contributed by atoms with E-state index >= 15 is 0 Å². The maximum absolute atomic E-state index is 12.7. The Labute approximate surface area is 162 Å². The van der Waals surface area contributed by atoms with Gasteiger partial charge in [-0.3, -0.25) is 4.79 Å². The van der Waals surface area contributed by atoms with Gasteiger partial charge < -0.3 is 5.32 Å². The van der Waals surface area contributed by atoms with Crippen molar-refractivity contribution in [1.82, 2.24) is 19.7 Å². The number of aromatic nitrogens is 4. The van der Waals surface area contributed by atoms with E-state index in [0.717, 1.165) is 28.2 Å². The summed E-state index contributed by atoms with van der Waals surface area (Å²) < 4.78 is 1.66. The third-order valence-electron chi connectivity index (χ3n) is 4.58. The molecule has 0 spiro atoms. The second-order valence-electron chi connectivity index (χ2n) is 6.77. The molecule has 3 aromatic rings. The summed E-state index contributed by atoms with van der Waals surface area (Å²) in [6, 6.07) is 12.1. The Morgan fingerprint density at radius 3 is 2.41 bits per heavy atom. The highest BCUT2D eigenvalue weighted by atomic mass is 32.2. The fourth-order valence-corrected chi connectivity index (χ4v) is 4.67. The molecular weight excluding hydrogens is 358 g/mol. The van der Waals surface area contributed by atoms with Crippen LogP contribution in [0.3, 0.4) is 0 Å². The van der Waals surface area contributed by atoms with Gasteiger partial charge in [0.15, 0.2) is 0 Å². The van der Waals surface area contributed by atoms with Crippen LogP contribution in [0.15, 0.2) is 36.4 Å². The first-order valence-electron chi connectivity index (χ1n) is 8.87. The first-order chi connectivity index (χ1) is 12.9. The minimum atomic E-state index is -0.185. The van der Waals surface area contributed by atoms with Gasteiger partial charge in [-0.05, 0) is 39.3 Å². The Balaban J connectivity index is 1.93. The summed E-state index contributed by atoms with van der Waals surface area (Å²) in [7, 11) is 0. The van der Waals surface area contributed by atoms with E-state index in [1.165, 1.54) is 0 Å². The number of amides is 1. The number of benzene rings is 1. The Morgan fingerprint density at radius 1 is 1.07 bits per heavy atom. The van der Waals surface area contributed by atoms with Crippen molar-refractivity contribution in [2.75, 3.05) is 5.32 Å². The standard InChI is InChI=1S/C20H21N5OS/c1-11-10-12(2)22-20(21-11)25-18-16(13(3)24-25)17(15-8-6-5-7-9-15)27-14(4)19(26)23-18/h5-10,14,17H,1-4H3,(H,23,26)/t14-,17-/m1/s1. The molecule has 2 aromatic heterocycles. The molecule has 4 rings (SSSR count).